The Morgan fingerprint density at radius 3 is 2.27 bits per heavy atom. The molecule has 1 N–H and O–H groups in total. The Morgan fingerprint density at radius 1 is 1.27 bits per heavy atom. The van der Waals surface area contributed by atoms with Crippen molar-refractivity contribution in [1.29, 1.82) is 0 Å². The van der Waals surface area contributed by atoms with E-state index in [0.29, 0.717) is 6.04 Å². The molecule has 0 fully saturated rings. The summed E-state index contributed by atoms with van der Waals surface area (Å²) in [5.41, 5.74) is 0. The zero-order chi connectivity index (χ0) is 8.69. The molecule has 11 heavy (non-hydrogen) atoms. The maximum atomic E-state index is 3.31. The molecule has 0 rings (SSSR count). The van der Waals surface area contributed by atoms with Crippen molar-refractivity contribution in [3.05, 3.63) is 0 Å². The Hall–Kier alpha value is 0.310. The summed E-state index contributed by atoms with van der Waals surface area (Å²) in [4.78, 5) is 0. The quantitative estimate of drug-likeness (QED) is 0.666. The predicted octanol–water partition coefficient (Wildman–Crippen LogP) is 2.52. The molecule has 0 aromatic heterocycles. The number of hydrogen-bond donors (Lipinski definition) is 1. The third-order valence-electron chi connectivity index (χ3n) is 2.06. The van der Waals surface area contributed by atoms with Crippen LogP contribution in [-0.4, -0.2) is 24.1 Å². The van der Waals surface area contributed by atoms with Crippen molar-refractivity contribution in [2.24, 2.45) is 0 Å². The average molecular weight is 175 g/mol. The molecule has 0 saturated heterocycles. The van der Waals surface area contributed by atoms with E-state index in [2.05, 4.69) is 37.8 Å². The molecule has 1 nitrogen and oxygen atoms in total. The zero-order valence-electron chi connectivity index (χ0n) is 8.18. The van der Waals surface area contributed by atoms with E-state index in [0.717, 1.165) is 5.25 Å². The third-order valence-corrected chi connectivity index (χ3v) is 3.56. The molecular weight excluding hydrogens is 154 g/mol. The fourth-order valence-corrected chi connectivity index (χ4v) is 2.00. The lowest BCUT2D eigenvalue weighted by Gasteiger charge is -2.15. The van der Waals surface area contributed by atoms with E-state index >= 15 is 0 Å². The lowest BCUT2D eigenvalue weighted by atomic mass is 10.3. The Morgan fingerprint density at radius 2 is 1.91 bits per heavy atom. The molecule has 0 aliphatic heterocycles. The van der Waals surface area contributed by atoms with Gasteiger partial charge in [-0.3, -0.25) is 0 Å². The summed E-state index contributed by atoms with van der Waals surface area (Å²) in [6.45, 7) is 6.78. The molecule has 0 bridgehead atoms. The van der Waals surface area contributed by atoms with E-state index in [4.69, 9.17) is 0 Å². The molecule has 2 heteroatoms. The second kappa shape index (κ2) is 6.99. The molecule has 0 saturated carbocycles. The smallest absolute Gasteiger partial charge is 0.0152 e. The third kappa shape index (κ3) is 5.57. The normalized spacial score (nSPS) is 16.4. The highest BCUT2D eigenvalue weighted by Gasteiger charge is 2.05. The van der Waals surface area contributed by atoms with Crippen LogP contribution in [-0.2, 0) is 0 Å². The van der Waals surface area contributed by atoms with Gasteiger partial charge in [0, 0.05) is 17.0 Å². The maximum absolute atomic E-state index is 3.31. The molecule has 0 aromatic rings. The van der Waals surface area contributed by atoms with Crippen molar-refractivity contribution in [3.63, 3.8) is 0 Å². The fourth-order valence-electron chi connectivity index (χ4n) is 0.804. The first-order valence-corrected chi connectivity index (χ1v) is 5.58. The average Bonchev–Trinajstić information content (AvgIpc) is 2.06. The van der Waals surface area contributed by atoms with Gasteiger partial charge in [-0.05, 0) is 19.9 Å². The van der Waals surface area contributed by atoms with Crippen LogP contribution in [0.5, 0.6) is 0 Å². The first kappa shape index (κ1) is 11.3. The molecule has 0 heterocycles. The fraction of sp³-hybridized carbons (Fsp3) is 1.00. The van der Waals surface area contributed by atoms with Gasteiger partial charge < -0.3 is 5.32 Å². The van der Waals surface area contributed by atoms with Crippen molar-refractivity contribution in [1.82, 2.24) is 5.32 Å². The summed E-state index contributed by atoms with van der Waals surface area (Å²) in [6.07, 6.45) is 2.52. The Kier molecular flexibility index (Phi) is 7.18. The van der Waals surface area contributed by atoms with Gasteiger partial charge in [0.05, 0.1) is 0 Å². The van der Waals surface area contributed by atoms with Gasteiger partial charge in [0.1, 0.15) is 0 Å². The highest BCUT2D eigenvalue weighted by atomic mass is 32.2. The maximum Gasteiger partial charge on any atom is 0.0152 e. The molecule has 0 amide bonds. The molecular formula is C9H21NS. The van der Waals surface area contributed by atoms with Crippen LogP contribution in [0.1, 0.15) is 33.6 Å². The zero-order valence-corrected chi connectivity index (χ0v) is 9.00. The Labute approximate surface area is 75.3 Å². The first-order chi connectivity index (χ1) is 5.24. The van der Waals surface area contributed by atoms with Crippen LogP contribution in [0.2, 0.25) is 0 Å². The van der Waals surface area contributed by atoms with Crippen LogP contribution in [0.3, 0.4) is 0 Å². The van der Waals surface area contributed by atoms with Crippen LogP contribution in [0.25, 0.3) is 0 Å². The van der Waals surface area contributed by atoms with Crippen molar-refractivity contribution in [3.8, 4) is 0 Å². The van der Waals surface area contributed by atoms with Gasteiger partial charge in [-0.1, -0.05) is 20.8 Å². The second-order valence-corrected chi connectivity index (χ2v) is 4.42. The molecule has 0 aliphatic carbocycles. The van der Waals surface area contributed by atoms with E-state index in [9.17, 15) is 0 Å². The van der Waals surface area contributed by atoms with E-state index in [-0.39, 0.29) is 0 Å². The monoisotopic (exact) mass is 175 g/mol. The van der Waals surface area contributed by atoms with Crippen molar-refractivity contribution in [2.45, 2.75) is 44.9 Å². The summed E-state index contributed by atoms with van der Waals surface area (Å²) in [6, 6.07) is 0.703. The van der Waals surface area contributed by atoms with Crippen LogP contribution in [0.15, 0.2) is 0 Å². The van der Waals surface area contributed by atoms with Gasteiger partial charge in [0.25, 0.3) is 0 Å². The highest BCUT2D eigenvalue weighted by molar-refractivity contribution is 7.99. The largest absolute Gasteiger partial charge is 0.316 e. The van der Waals surface area contributed by atoms with Crippen LogP contribution >= 0.6 is 11.8 Å². The van der Waals surface area contributed by atoms with Gasteiger partial charge >= 0.3 is 0 Å². The van der Waals surface area contributed by atoms with Gasteiger partial charge in [0.15, 0.2) is 0 Å². The summed E-state index contributed by atoms with van der Waals surface area (Å²) < 4.78 is 0. The lowest BCUT2D eigenvalue weighted by Crippen LogP contribution is -2.27. The molecule has 2 atom stereocenters. The van der Waals surface area contributed by atoms with Gasteiger partial charge in [-0.15, -0.1) is 0 Å². The van der Waals surface area contributed by atoms with E-state index in [1.807, 2.05) is 7.05 Å². The van der Waals surface area contributed by atoms with E-state index < -0.39 is 0 Å². The van der Waals surface area contributed by atoms with Gasteiger partial charge in [-0.2, -0.15) is 11.8 Å². The Balaban J connectivity index is 3.34. The SMILES string of the molecule is CCC(CSC(C)CC)NC. The summed E-state index contributed by atoms with van der Waals surface area (Å²) in [7, 11) is 2.05. The van der Waals surface area contributed by atoms with Crippen LogP contribution in [0, 0.1) is 0 Å². The molecule has 0 aliphatic rings. The summed E-state index contributed by atoms with van der Waals surface area (Å²) in [5.74, 6) is 1.25. The topological polar surface area (TPSA) is 12.0 Å². The minimum Gasteiger partial charge on any atom is -0.316 e. The summed E-state index contributed by atoms with van der Waals surface area (Å²) >= 11 is 2.07. The van der Waals surface area contributed by atoms with E-state index in [1.54, 1.807) is 0 Å². The molecule has 2 unspecified atom stereocenters. The van der Waals surface area contributed by atoms with Crippen molar-refractivity contribution < 1.29 is 0 Å². The van der Waals surface area contributed by atoms with E-state index in [1.165, 1.54) is 18.6 Å². The molecule has 68 valence electrons. The Bertz CT molecular complexity index is 81.6. The molecule has 0 spiro atoms. The second-order valence-electron chi connectivity index (χ2n) is 2.95. The number of rotatable bonds is 6. The molecule has 0 aromatic carbocycles. The van der Waals surface area contributed by atoms with Crippen molar-refractivity contribution >= 4 is 11.8 Å². The predicted molar refractivity (Wildman–Crippen MR) is 55.3 cm³/mol. The van der Waals surface area contributed by atoms with Gasteiger partial charge in [-0.25, -0.2) is 0 Å². The van der Waals surface area contributed by atoms with Crippen molar-refractivity contribution in [2.75, 3.05) is 12.8 Å². The lowest BCUT2D eigenvalue weighted by molar-refractivity contribution is 0.600. The number of nitrogens with one attached hydrogen (secondary N) is 1. The standard InChI is InChI=1S/C9H21NS/c1-5-8(3)11-7-9(6-2)10-4/h8-10H,5-7H2,1-4H3. The van der Waals surface area contributed by atoms with Crippen LogP contribution in [0.4, 0.5) is 0 Å². The molecule has 0 radical (unpaired) electrons. The number of hydrogen-bond acceptors (Lipinski definition) is 2. The summed E-state index contributed by atoms with van der Waals surface area (Å²) in [5, 5.41) is 4.13. The number of thioether (sulfide) groups is 1. The van der Waals surface area contributed by atoms with Crippen LogP contribution < -0.4 is 5.32 Å². The highest BCUT2D eigenvalue weighted by Crippen LogP contribution is 2.15. The minimum absolute atomic E-state index is 0.703. The first-order valence-electron chi connectivity index (χ1n) is 4.53. The minimum atomic E-state index is 0.703. The van der Waals surface area contributed by atoms with Gasteiger partial charge in [0.2, 0.25) is 0 Å².